The average molecular weight is 326 g/mol. The van der Waals surface area contributed by atoms with Gasteiger partial charge in [-0.25, -0.2) is 9.97 Å². The standard InChI is InChI=1S/C16H18N6O2/c1-3-5-7-23-15-16(24-8-6-4-2)22-14-13(21-15)19-11(9-17)12(10-18)20-14/h3-8H2,1-2H3. The molecule has 2 aromatic rings. The molecule has 0 aliphatic rings. The van der Waals surface area contributed by atoms with Crippen molar-refractivity contribution in [1.82, 2.24) is 19.9 Å². The Morgan fingerprint density at radius 1 is 0.750 bits per heavy atom. The van der Waals surface area contributed by atoms with Crippen molar-refractivity contribution < 1.29 is 9.47 Å². The Hall–Kier alpha value is -3.00. The average Bonchev–Trinajstić information content (AvgIpc) is 2.61. The topological polar surface area (TPSA) is 118 Å². The number of aromatic nitrogens is 4. The number of unbranched alkanes of at least 4 members (excludes halogenated alkanes) is 2. The predicted octanol–water partition coefficient (Wildman–Crippen LogP) is 2.52. The van der Waals surface area contributed by atoms with Crippen molar-refractivity contribution in [3.63, 3.8) is 0 Å². The second-order valence-corrected chi connectivity index (χ2v) is 5.03. The van der Waals surface area contributed by atoms with E-state index in [9.17, 15) is 0 Å². The molecule has 8 heteroatoms. The summed E-state index contributed by atoms with van der Waals surface area (Å²) in [6.45, 7) is 5.08. The summed E-state index contributed by atoms with van der Waals surface area (Å²) in [4.78, 5) is 16.6. The van der Waals surface area contributed by atoms with E-state index in [1.54, 1.807) is 0 Å². The highest BCUT2D eigenvalue weighted by Crippen LogP contribution is 2.25. The van der Waals surface area contributed by atoms with Crippen LogP contribution in [-0.2, 0) is 0 Å². The molecule has 0 atom stereocenters. The molecule has 0 spiro atoms. The van der Waals surface area contributed by atoms with Crippen molar-refractivity contribution in [1.29, 1.82) is 10.5 Å². The molecule has 0 unspecified atom stereocenters. The fourth-order valence-corrected chi connectivity index (χ4v) is 1.83. The zero-order valence-electron chi connectivity index (χ0n) is 13.7. The van der Waals surface area contributed by atoms with Crippen LogP contribution in [0.4, 0.5) is 0 Å². The van der Waals surface area contributed by atoms with Gasteiger partial charge in [-0.3, -0.25) is 0 Å². The molecule has 0 bridgehead atoms. The first kappa shape index (κ1) is 17.4. The van der Waals surface area contributed by atoms with Crippen LogP contribution in [0.5, 0.6) is 11.8 Å². The molecule has 24 heavy (non-hydrogen) atoms. The Bertz CT molecular complexity index is 727. The SMILES string of the molecule is CCCCOc1nc2nc(C#N)c(C#N)nc2nc1OCCCC. The van der Waals surface area contributed by atoms with Crippen molar-refractivity contribution in [2.75, 3.05) is 13.2 Å². The lowest BCUT2D eigenvalue weighted by Gasteiger charge is -2.11. The van der Waals surface area contributed by atoms with Crippen LogP contribution in [0.25, 0.3) is 11.3 Å². The summed E-state index contributed by atoms with van der Waals surface area (Å²) >= 11 is 0. The van der Waals surface area contributed by atoms with E-state index in [0.717, 1.165) is 25.7 Å². The fraction of sp³-hybridized carbons (Fsp3) is 0.500. The van der Waals surface area contributed by atoms with Crippen molar-refractivity contribution in [2.45, 2.75) is 39.5 Å². The number of nitriles is 2. The summed E-state index contributed by atoms with van der Waals surface area (Å²) in [6.07, 6.45) is 3.71. The molecule has 0 aromatic carbocycles. The minimum Gasteiger partial charge on any atom is -0.474 e. The second-order valence-electron chi connectivity index (χ2n) is 5.03. The van der Waals surface area contributed by atoms with Gasteiger partial charge in [0.2, 0.25) is 11.3 Å². The molecule has 0 saturated carbocycles. The van der Waals surface area contributed by atoms with Gasteiger partial charge >= 0.3 is 0 Å². The molecule has 0 aliphatic heterocycles. The summed E-state index contributed by atoms with van der Waals surface area (Å²) in [6, 6.07) is 3.66. The Morgan fingerprint density at radius 2 is 1.17 bits per heavy atom. The molecule has 0 N–H and O–H groups in total. The number of hydrogen-bond acceptors (Lipinski definition) is 8. The van der Waals surface area contributed by atoms with Crippen LogP contribution >= 0.6 is 0 Å². The highest BCUT2D eigenvalue weighted by atomic mass is 16.5. The quantitative estimate of drug-likeness (QED) is 0.679. The number of nitrogens with zero attached hydrogens (tertiary/aromatic N) is 6. The van der Waals surface area contributed by atoms with Crippen LogP contribution in [0.2, 0.25) is 0 Å². The first-order valence-corrected chi connectivity index (χ1v) is 7.89. The van der Waals surface area contributed by atoms with Crippen LogP contribution in [0, 0.1) is 22.7 Å². The van der Waals surface area contributed by atoms with Gasteiger partial charge in [-0.2, -0.15) is 20.5 Å². The van der Waals surface area contributed by atoms with E-state index >= 15 is 0 Å². The third-order valence-corrected chi connectivity index (χ3v) is 3.14. The number of fused-ring (bicyclic) bond motifs is 1. The second kappa shape index (κ2) is 8.59. The van der Waals surface area contributed by atoms with Crippen LogP contribution in [0.15, 0.2) is 0 Å². The molecule has 0 saturated heterocycles. The lowest BCUT2D eigenvalue weighted by Crippen LogP contribution is -2.08. The van der Waals surface area contributed by atoms with Gasteiger partial charge in [-0.05, 0) is 12.8 Å². The van der Waals surface area contributed by atoms with Crippen LogP contribution in [-0.4, -0.2) is 33.1 Å². The lowest BCUT2D eigenvalue weighted by atomic mass is 10.3. The lowest BCUT2D eigenvalue weighted by molar-refractivity contribution is 0.246. The van der Waals surface area contributed by atoms with Crippen molar-refractivity contribution >= 4 is 11.3 Å². The fourth-order valence-electron chi connectivity index (χ4n) is 1.83. The van der Waals surface area contributed by atoms with Crippen LogP contribution < -0.4 is 9.47 Å². The van der Waals surface area contributed by atoms with E-state index in [-0.39, 0.29) is 34.4 Å². The monoisotopic (exact) mass is 326 g/mol. The van der Waals surface area contributed by atoms with E-state index in [1.165, 1.54) is 0 Å². The summed E-state index contributed by atoms with van der Waals surface area (Å²) in [5.41, 5.74) is 0.136. The maximum Gasteiger partial charge on any atom is 0.280 e. The third kappa shape index (κ3) is 4.05. The van der Waals surface area contributed by atoms with Gasteiger partial charge in [0, 0.05) is 0 Å². The van der Waals surface area contributed by atoms with Gasteiger partial charge in [-0.1, -0.05) is 26.7 Å². The summed E-state index contributed by atoms with van der Waals surface area (Å²) in [5.74, 6) is 0.463. The smallest absolute Gasteiger partial charge is 0.280 e. The summed E-state index contributed by atoms with van der Waals surface area (Å²) in [5, 5.41) is 18.1. The molecule has 8 nitrogen and oxygen atoms in total. The predicted molar refractivity (Wildman–Crippen MR) is 85.4 cm³/mol. The van der Waals surface area contributed by atoms with E-state index in [4.69, 9.17) is 20.0 Å². The Balaban J connectivity index is 2.44. The maximum absolute atomic E-state index is 9.04. The van der Waals surface area contributed by atoms with Crippen LogP contribution in [0.1, 0.15) is 50.9 Å². The van der Waals surface area contributed by atoms with Gasteiger partial charge < -0.3 is 9.47 Å². The highest BCUT2D eigenvalue weighted by molar-refractivity contribution is 5.68. The normalized spacial score (nSPS) is 10.2. The zero-order valence-corrected chi connectivity index (χ0v) is 13.7. The molecule has 2 aromatic heterocycles. The van der Waals surface area contributed by atoms with E-state index in [2.05, 4.69) is 33.8 Å². The molecule has 0 amide bonds. The van der Waals surface area contributed by atoms with Gasteiger partial charge in [0.05, 0.1) is 13.2 Å². The largest absolute Gasteiger partial charge is 0.474 e. The molecular formula is C16H18N6O2. The van der Waals surface area contributed by atoms with Gasteiger partial charge in [0.25, 0.3) is 11.8 Å². The Morgan fingerprint density at radius 3 is 1.50 bits per heavy atom. The molecule has 0 radical (unpaired) electrons. The zero-order chi connectivity index (χ0) is 17.4. The molecule has 0 aliphatic carbocycles. The first-order valence-electron chi connectivity index (χ1n) is 7.89. The van der Waals surface area contributed by atoms with Gasteiger partial charge in [0.1, 0.15) is 12.1 Å². The van der Waals surface area contributed by atoms with Gasteiger partial charge in [-0.15, -0.1) is 0 Å². The minimum atomic E-state index is -0.0848. The molecule has 0 fully saturated rings. The third-order valence-electron chi connectivity index (χ3n) is 3.14. The molecule has 124 valence electrons. The molecular weight excluding hydrogens is 308 g/mol. The first-order chi connectivity index (χ1) is 11.7. The van der Waals surface area contributed by atoms with Crippen LogP contribution in [0.3, 0.4) is 0 Å². The number of hydrogen-bond donors (Lipinski definition) is 0. The molecule has 2 heterocycles. The van der Waals surface area contributed by atoms with E-state index in [0.29, 0.717) is 13.2 Å². The number of rotatable bonds is 8. The highest BCUT2D eigenvalue weighted by Gasteiger charge is 2.16. The molecule has 2 rings (SSSR count). The van der Waals surface area contributed by atoms with Gasteiger partial charge in [0.15, 0.2) is 11.4 Å². The van der Waals surface area contributed by atoms with E-state index < -0.39 is 0 Å². The van der Waals surface area contributed by atoms with E-state index in [1.807, 2.05) is 12.1 Å². The number of ether oxygens (including phenoxy) is 2. The Labute approximate surface area is 140 Å². The minimum absolute atomic E-state index is 0.0848. The summed E-state index contributed by atoms with van der Waals surface area (Å²) < 4.78 is 11.3. The van der Waals surface area contributed by atoms with Crippen molar-refractivity contribution in [2.24, 2.45) is 0 Å². The van der Waals surface area contributed by atoms with Crippen molar-refractivity contribution in [3.05, 3.63) is 11.4 Å². The maximum atomic E-state index is 9.04. The van der Waals surface area contributed by atoms with Crippen molar-refractivity contribution in [3.8, 4) is 23.9 Å². The summed E-state index contributed by atoms with van der Waals surface area (Å²) in [7, 11) is 0. The Kier molecular flexibility index (Phi) is 6.21.